The van der Waals surface area contributed by atoms with Gasteiger partial charge in [-0.25, -0.2) is 4.79 Å². The standard InChI is InChI=1S/C27H43N3O5/c1-9-11-12-16-28-24(32)22(20-15-13-14-19(5)23(20)31)30(17-10-2)25(33)21(18(3)4)29-26(34)35-27(6,7)8/h10,13-15,18,21-22,31H,2,9,11-12,16-17H2,1,3-8H3,(H,28,32)(H,29,34). The van der Waals surface area contributed by atoms with Crippen molar-refractivity contribution in [3.8, 4) is 5.75 Å². The van der Waals surface area contributed by atoms with Crippen molar-refractivity contribution in [2.24, 2.45) is 5.92 Å². The number of aromatic hydroxyl groups is 1. The number of para-hydroxylation sites is 1. The first-order valence-electron chi connectivity index (χ1n) is 12.3. The van der Waals surface area contributed by atoms with Crippen molar-refractivity contribution in [2.75, 3.05) is 13.1 Å². The van der Waals surface area contributed by atoms with Crippen molar-refractivity contribution >= 4 is 17.9 Å². The molecular formula is C27H43N3O5. The number of carbonyl (C=O) groups is 3. The fourth-order valence-electron chi connectivity index (χ4n) is 3.62. The van der Waals surface area contributed by atoms with E-state index in [2.05, 4.69) is 24.1 Å². The van der Waals surface area contributed by atoms with Crippen molar-refractivity contribution < 1.29 is 24.2 Å². The van der Waals surface area contributed by atoms with Crippen LogP contribution in [0.15, 0.2) is 30.9 Å². The number of phenolic OH excluding ortho intramolecular Hbond substituents is 1. The van der Waals surface area contributed by atoms with Crippen molar-refractivity contribution in [1.82, 2.24) is 15.5 Å². The van der Waals surface area contributed by atoms with Crippen molar-refractivity contribution in [3.63, 3.8) is 0 Å². The molecule has 8 heteroatoms. The molecule has 0 radical (unpaired) electrons. The van der Waals surface area contributed by atoms with Gasteiger partial charge in [-0.3, -0.25) is 9.59 Å². The second-order valence-corrected chi connectivity index (χ2v) is 10.1. The number of unbranched alkanes of at least 4 members (excludes halogenated alkanes) is 2. The summed E-state index contributed by atoms with van der Waals surface area (Å²) in [6, 6.07) is 3.04. The Hall–Kier alpha value is -3.03. The molecule has 1 aromatic carbocycles. The molecule has 0 saturated carbocycles. The van der Waals surface area contributed by atoms with Gasteiger partial charge in [0, 0.05) is 18.7 Å². The van der Waals surface area contributed by atoms with Crippen molar-refractivity contribution in [3.05, 3.63) is 42.0 Å². The molecule has 0 aliphatic heterocycles. The van der Waals surface area contributed by atoms with Gasteiger partial charge >= 0.3 is 6.09 Å². The maximum absolute atomic E-state index is 13.8. The van der Waals surface area contributed by atoms with E-state index < -0.39 is 35.6 Å². The van der Waals surface area contributed by atoms with E-state index in [4.69, 9.17) is 4.74 Å². The van der Waals surface area contributed by atoms with E-state index in [1.54, 1.807) is 59.7 Å². The van der Waals surface area contributed by atoms with Crippen LogP contribution in [0.3, 0.4) is 0 Å². The first kappa shape index (κ1) is 30.0. The second kappa shape index (κ2) is 13.8. The molecule has 0 aliphatic rings. The summed E-state index contributed by atoms with van der Waals surface area (Å²) in [4.78, 5) is 41.1. The number of aryl methyl sites for hydroxylation is 1. The Morgan fingerprint density at radius 2 is 1.86 bits per heavy atom. The minimum absolute atomic E-state index is 0.0402. The normalized spacial score (nSPS) is 13.0. The number of hydrogen-bond acceptors (Lipinski definition) is 5. The van der Waals surface area contributed by atoms with Crippen molar-refractivity contribution in [2.45, 2.75) is 85.4 Å². The number of ether oxygens (including phenoxy) is 1. The highest BCUT2D eigenvalue weighted by atomic mass is 16.6. The first-order valence-corrected chi connectivity index (χ1v) is 12.3. The Morgan fingerprint density at radius 3 is 2.40 bits per heavy atom. The summed E-state index contributed by atoms with van der Waals surface area (Å²) < 4.78 is 5.35. The third-order valence-electron chi connectivity index (χ3n) is 5.42. The fourth-order valence-corrected chi connectivity index (χ4v) is 3.62. The molecule has 2 atom stereocenters. The first-order chi connectivity index (χ1) is 16.3. The summed E-state index contributed by atoms with van der Waals surface area (Å²) in [7, 11) is 0. The van der Waals surface area contributed by atoms with Crippen LogP contribution in [0.4, 0.5) is 4.79 Å². The zero-order valence-corrected chi connectivity index (χ0v) is 22.3. The average Bonchev–Trinajstić information content (AvgIpc) is 2.75. The van der Waals surface area contributed by atoms with Gasteiger partial charge in [-0.15, -0.1) is 6.58 Å². The van der Waals surface area contributed by atoms with Crippen molar-refractivity contribution in [1.29, 1.82) is 0 Å². The third kappa shape index (κ3) is 9.26. The van der Waals surface area contributed by atoms with Gasteiger partial charge in [0.1, 0.15) is 23.4 Å². The smallest absolute Gasteiger partial charge is 0.408 e. The van der Waals surface area contributed by atoms with Gasteiger partial charge in [0.25, 0.3) is 0 Å². The summed E-state index contributed by atoms with van der Waals surface area (Å²) in [5, 5.41) is 16.4. The molecule has 0 spiro atoms. The highest BCUT2D eigenvalue weighted by molar-refractivity contribution is 5.92. The molecule has 8 nitrogen and oxygen atoms in total. The molecule has 0 aromatic heterocycles. The lowest BCUT2D eigenvalue weighted by molar-refractivity contribution is -0.142. The van der Waals surface area contributed by atoms with E-state index in [1.165, 1.54) is 11.0 Å². The monoisotopic (exact) mass is 489 g/mol. The Labute approximate surface area is 210 Å². The largest absolute Gasteiger partial charge is 0.507 e. The summed E-state index contributed by atoms with van der Waals surface area (Å²) in [6.07, 6.45) is 3.57. The number of nitrogens with one attached hydrogen (secondary N) is 2. The topological polar surface area (TPSA) is 108 Å². The van der Waals surface area contributed by atoms with Gasteiger partial charge in [-0.05, 0) is 45.6 Å². The minimum atomic E-state index is -1.11. The molecule has 1 rings (SSSR count). The van der Waals surface area contributed by atoms with Gasteiger partial charge in [-0.1, -0.05) is 57.9 Å². The Balaban J connectivity index is 3.42. The van der Waals surface area contributed by atoms with Crippen LogP contribution in [0.1, 0.15) is 78.0 Å². The Kier molecular flexibility index (Phi) is 11.8. The average molecular weight is 490 g/mol. The zero-order valence-electron chi connectivity index (χ0n) is 22.3. The maximum atomic E-state index is 13.8. The summed E-state index contributed by atoms with van der Waals surface area (Å²) in [6.45, 7) is 16.9. The molecule has 0 heterocycles. The molecule has 196 valence electrons. The van der Waals surface area contributed by atoms with E-state index in [-0.39, 0.29) is 18.2 Å². The lowest BCUT2D eigenvalue weighted by Crippen LogP contribution is -2.55. The predicted octanol–water partition coefficient (Wildman–Crippen LogP) is 4.61. The van der Waals surface area contributed by atoms with Crippen LogP contribution < -0.4 is 10.6 Å². The minimum Gasteiger partial charge on any atom is -0.507 e. The molecule has 0 fully saturated rings. The van der Waals surface area contributed by atoms with E-state index in [0.717, 1.165) is 19.3 Å². The molecule has 35 heavy (non-hydrogen) atoms. The molecule has 0 aliphatic carbocycles. The van der Waals surface area contributed by atoms with Crippen LogP contribution >= 0.6 is 0 Å². The van der Waals surface area contributed by atoms with Gasteiger partial charge < -0.3 is 25.4 Å². The van der Waals surface area contributed by atoms with Crippen LogP contribution in [-0.4, -0.2) is 52.6 Å². The van der Waals surface area contributed by atoms with Gasteiger partial charge in [0.05, 0.1) is 0 Å². The van der Waals surface area contributed by atoms with E-state index in [1.807, 2.05) is 0 Å². The lowest BCUT2D eigenvalue weighted by Gasteiger charge is -2.35. The molecule has 0 bridgehead atoms. The number of hydrogen-bond donors (Lipinski definition) is 3. The van der Waals surface area contributed by atoms with Gasteiger partial charge in [-0.2, -0.15) is 0 Å². The molecule has 1 aromatic rings. The number of phenols is 1. The number of amides is 3. The molecular weight excluding hydrogens is 446 g/mol. The van der Waals surface area contributed by atoms with Gasteiger partial charge in [0.2, 0.25) is 11.8 Å². The van der Waals surface area contributed by atoms with E-state index in [0.29, 0.717) is 17.7 Å². The number of rotatable bonds is 12. The van der Waals surface area contributed by atoms with Crippen LogP contribution in [0.25, 0.3) is 0 Å². The Morgan fingerprint density at radius 1 is 1.20 bits per heavy atom. The number of benzene rings is 1. The summed E-state index contributed by atoms with van der Waals surface area (Å²) >= 11 is 0. The van der Waals surface area contributed by atoms with E-state index in [9.17, 15) is 19.5 Å². The molecule has 0 saturated heterocycles. The predicted molar refractivity (Wildman–Crippen MR) is 138 cm³/mol. The van der Waals surface area contributed by atoms with Crippen LogP contribution in [0.2, 0.25) is 0 Å². The highest BCUT2D eigenvalue weighted by Crippen LogP contribution is 2.32. The molecule has 2 unspecified atom stereocenters. The maximum Gasteiger partial charge on any atom is 0.408 e. The molecule has 3 N–H and O–H groups in total. The third-order valence-corrected chi connectivity index (χ3v) is 5.42. The quantitative estimate of drug-likeness (QED) is 0.293. The van der Waals surface area contributed by atoms with Crippen LogP contribution in [-0.2, 0) is 14.3 Å². The number of alkyl carbamates (subject to hydrolysis) is 1. The SMILES string of the molecule is C=CCN(C(=O)C(NC(=O)OC(C)(C)C)C(C)C)C(C(=O)NCCCCC)c1cccc(C)c1O. The Bertz CT molecular complexity index is 876. The zero-order chi connectivity index (χ0) is 26.8. The number of nitrogens with zero attached hydrogens (tertiary/aromatic N) is 1. The summed E-state index contributed by atoms with van der Waals surface area (Å²) in [5.41, 5.74) is 0.168. The second-order valence-electron chi connectivity index (χ2n) is 10.1. The molecule has 3 amide bonds. The van der Waals surface area contributed by atoms with Crippen LogP contribution in [0.5, 0.6) is 5.75 Å². The highest BCUT2D eigenvalue weighted by Gasteiger charge is 2.38. The lowest BCUT2D eigenvalue weighted by atomic mass is 9.97. The van der Waals surface area contributed by atoms with Crippen LogP contribution in [0, 0.1) is 12.8 Å². The van der Waals surface area contributed by atoms with E-state index >= 15 is 0 Å². The fraction of sp³-hybridized carbons (Fsp3) is 0.593. The summed E-state index contributed by atoms with van der Waals surface area (Å²) in [5.74, 6) is -1.22. The number of carbonyl (C=O) groups excluding carboxylic acids is 3. The van der Waals surface area contributed by atoms with Gasteiger partial charge in [0.15, 0.2) is 0 Å².